The van der Waals surface area contributed by atoms with Gasteiger partial charge < -0.3 is 16.0 Å². The van der Waals surface area contributed by atoms with Crippen molar-refractivity contribution in [1.82, 2.24) is 15.2 Å². The van der Waals surface area contributed by atoms with Crippen LogP contribution in [0.1, 0.15) is 72.8 Å². The fourth-order valence-electron chi connectivity index (χ4n) is 4.57. The summed E-state index contributed by atoms with van der Waals surface area (Å²) in [6, 6.07) is 3.96. The van der Waals surface area contributed by atoms with E-state index in [0.29, 0.717) is 16.5 Å². The lowest BCUT2D eigenvalue weighted by atomic mass is 9.86. The van der Waals surface area contributed by atoms with Gasteiger partial charge in [0.25, 0.3) is 5.91 Å². The minimum Gasteiger partial charge on any atom is -0.397 e. The maximum Gasteiger partial charge on any atom is 0.263 e. The monoisotopic (exact) mass is 400 g/mol. The number of carbonyl (C=O) groups is 2. The number of nitrogens with two attached hydrogens (primary N) is 1. The maximum atomic E-state index is 13.2. The van der Waals surface area contributed by atoms with Gasteiger partial charge >= 0.3 is 0 Å². The molecule has 3 heterocycles. The number of aromatic nitrogens is 1. The largest absolute Gasteiger partial charge is 0.397 e. The molecule has 1 aliphatic carbocycles. The molecule has 7 heteroatoms. The van der Waals surface area contributed by atoms with Crippen LogP contribution in [-0.2, 0) is 4.79 Å². The van der Waals surface area contributed by atoms with Crippen molar-refractivity contribution in [1.29, 1.82) is 0 Å². The summed E-state index contributed by atoms with van der Waals surface area (Å²) in [4.78, 5) is 33.4. The van der Waals surface area contributed by atoms with Gasteiger partial charge in [-0.3, -0.25) is 9.59 Å². The first-order chi connectivity index (χ1) is 13.6. The summed E-state index contributed by atoms with van der Waals surface area (Å²) < 4.78 is 0. The lowest BCUT2D eigenvalue weighted by Crippen LogP contribution is -2.42. The van der Waals surface area contributed by atoms with Gasteiger partial charge in [0.2, 0.25) is 5.91 Å². The van der Waals surface area contributed by atoms with Crippen LogP contribution >= 0.6 is 11.3 Å². The van der Waals surface area contributed by atoms with Crippen molar-refractivity contribution >= 4 is 39.1 Å². The Morgan fingerprint density at radius 3 is 2.64 bits per heavy atom. The minimum atomic E-state index is -0.186. The Hall–Kier alpha value is -2.15. The molecule has 2 amide bonds. The molecule has 3 N–H and O–H groups in total. The maximum absolute atomic E-state index is 13.2. The number of rotatable bonds is 3. The fraction of sp³-hybridized carbons (Fsp3) is 0.571. The summed E-state index contributed by atoms with van der Waals surface area (Å²) >= 11 is 1.32. The number of amides is 2. The van der Waals surface area contributed by atoms with Gasteiger partial charge in [-0.05, 0) is 44.2 Å². The minimum absolute atomic E-state index is 0.0272. The van der Waals surface area contributed by atoms with E-state index in [2.05, 4.69) is 10.2 Å². The van der Waals surface area contributed by atoms with Crippen LogP contribution in [0.5, 0.6) is 0 Å². The molecule has 2 aromatic heterocycles. The number of nitrogens with zero attached hydrogens (tertiary/aromatic N) is 2. The molecule has 0 unspecified atom stereocenters. The number of nitrogens with one attached hydrogen (secondary N) is 1. The smallest absolute Gasteiger partial charge is 0.263 e. The molecule has 1 aliphatic heterocycles. The Kier molecular flexibility index (Phi) is 5.53. The van der Waals surface area contributed by atoms with Gasteiger partial charge in [0.1, 0.15) is 9.71 Å². The van der Waals surface area contributed by atoms with Gasteiger partial charge in [-0.2, -0.15) is 0 Å². The Balaban J connectivity index is 1.64. The normalized spacial score (nSPS) is 21.0. The van der Waals surface area contributed by atoms with E-state index in [-0.39, 0.29) is 17.9 Å². The van der Waals surface area contributed by atoms with Crippen LogP contribution in [0.15, 0.2) is 12.1 Å². The fourth-order valence-corrected chi connectivity index (χ4v) is 5.61. The molecule has 1 saturated heterocycles. The number of piperidine rings is 1. The average Bonchev–Trinajstić information content (AvgIpc) is 3.09. The van der Waals surface area contributed by atoms with E-state index < -0.39 is 0 Å². The number of hydrogen-bond donors (Lipinski definition) is 2. The van der Waals surface area contributed by atoms with Gasteiger partial charge in [-0.15, -0.1) is 11.3 Å². The standard InChI is InChI=1S/C21H28N4O2S/c1-23-19(26)18-17(22)14-10-11-15(24-20(14)28-18)16-9-5-6-12-25(16)21(27)13-7-3-2-4-8-13/h10-11,13,16H,2-9,12,22H2,1H3,(H,23,26)/t16-/m0/s1. The highest BCUT2D eigenvalue weighted by Gasteiger charge is 2.33. The summed E-state index contributed by atoms with van der Waals surface area (Å²) in [5.41, 5.74) is 7.56. The first-order valence-corrected chi connectivity index (χ1v) is 11.1. The second-order valence-corrected chi connectivity index (χ2v) is 8.89. The Morgan fingerprint density at radius 2 is 1.89 bits per heavy atom. The van der Waals surface area contributed by atoms with Gasteiger partial charge in [-0.25, -0.2) is 4.98 Å². The lowest BCUT2D eigenvalue weighted by Gasteiger charge is -2.38. The molecule has 2 aliphatic rings. The number of hydrogen-bond acceptors (Lipinski definition) is 5. The molecule has 150 valence electrons. The third-order valence-electron chi connectivity index (χ3n) is 6.13. The Labute approximate surface area is 169 Å². The van der Waals surface area contributed by atoms with E-state index in [4.69, 9.17) is 10.7 Å². The van der Waals surface area contributed by atoms with Crippen LogP contribution in [0.2, 0.25) is 0 Å². The number of fused-ring (bicyclic) bond motifs is 1. The van der Waals surface area contributed by atoms with Crippen LogP contribution < -0.4 is 11.1 Å². The quantitative estimate of drug-likeness (QED) is 0.818. The van der Waals surface area contributed by atoms with Crippen molar-refractivity contribution in [3.63, 3.8) is 0 Å². The summed E-state index contributed by atoms with van der Waals surface area (Å²) in [7, 11) is 1.60. The van der Waals surface area contributed by atoms with Crippen LogP contribution in [0.3, 0.4) is 0 Å². The summed E-state index contributed by atoms with van der Waals surface area (Å²) in [6.45, 7) is 0.815. The summed E-state index contributed by atoms with van der Waals surface area (Å²) in [5.74, 6) is 0.298. The summed E-state index contributed by atoms with van der Waals surface area (Å²) in [5, 5.41) is 3.44. The van der Waals surface area contributed by atoms with Crippen molar-refractivity contribution in [3.05, 3.63) is 22.7 Å². The Morgan fingerprint density at radius 1 is 1.14 bits per heavy atom. The number of thiophene rings is 1. The number of carbonyl (C=O) groups excluding carboxylic acids is 2. The van der Waals surface area contributed by atoms with E-state index in [0.717, 1.165) is 67.4 Å². The van der Waals surface area contributed by atoms with Crippen LogP contribution in [0.4, 0.5) is 5.69 Å². The molecule has 6 nitrogen and oxygen atoms in total. The molecular formula is C21H28N4O2S. The third kappa shape index (κ3) is 3.48. The molecule has 2 fully saturated rings. The van der Waals surface area contributed by atoms with Gasteiger partial charge in [-0.1, -0.05) is 19.3 Å². The number of likely N-dealkylation sites (tertiary alicyclic amines) is 1. The van der Waals surface area contributed by atoms with Crippen molar-refractivity contribution in [2.75, 3.05) is 19.3 Å². The highest BCUT2D eigenvalue weighted by molar-refractivity contribution is 7.21. The molecule has 1 atom stereocenters. The van der Waals surface area contributed by atoms with Crippen molar-refractivity contribution in [3.8, 4) is 0 Å². The second-order valence-electron chi connectivity index (χ2n) is 7.89. The molecule has 2 aromatic rings. The number of nitrogen functional groups attached to an aromatic ring is 1. The molecule has 0 radical (unpaired) electrons. The van der Waals surface area contributed by atoms with Gasteiger partial charge in [0, 0.05) is 24.9 Å². The van der Waals surface area contributed by atoms with E-state index in [1.165, 1.54) is 17.8 Å². The van der Waals surface area contributed by atoms with E-state index in [9.17, 15) is 9.59 Å². The predicted molar refractivity (Wildman–Crippen MR) is 112 cm³/mol. The lowest BCUT2D eigenvalue weighted by molar-refractivity contribution is -0.140. The topological polar surface area (TPSA) is 88.3 Å². The molecule has 1 saturated carbocycles. The zero-order valence-corrected chi connectivity index (χ0v) is 17.2. The zero-order chi connectivity index (χ0) is 19.7. The van der Waals surface area contributed by atoms with Crippen LogP contribution in [0, 0.1) is 5.92 Å². The zero-order valence-electron chi connectivity index (χ0n) is 16.4. The van der Waals surface area contributed by atoms with Gasteiger partial charge in [0.15, 0.2) is 0 Å². The van der Waals surface area contributed by atoms with Crippen LogP contribution in [0.25, 0.3) is 10.2 Å². The second kappa shape index (κ2) is 8.07. The molecule has 4 rings (SSSR count). The van der Waals surface area contributed by atoms with E-state index in [1.54, 1.807) is 7.05 Å². The molecule has 0 bridgehead atoms. The number of anilines is 1. The Bertz CT molecular complexity index is 888. The van der Waals surface area contributed by atoms with Gasteiger partial charge in [0.05, 0.1) is 17.4 Å². The molecular weight excluding hydrogens is 372 g/mol. The van der Waals surface area contributed by atoms with E-state index in [1.807, 2.05) is 12.1 Å². The SMILES string of the molecule is CNC(=O)c1sc2nc([C@@H]3CCCCN3C(=O)C3CCCCC3)ccc2c1N. The van der Waals surface area contributed by atoms with Crippen molar-refractivity contribution in [2.24, 2.45) is 5.92 Å². The van der Waals surface area contributed by atoms with E-state index >= 15 is 0 Å². The first-order valence-electron chi connectivity index (χ1n) is 10.3. The molecule has 0 aromatic carbocycles. The third-order valence-corrected chi connectivity index (χ3v) is 7.24. The first kappa shape index (κ1) is 19.2. The highest BCUT2D eigenvalue weighted by Crippen LogP contribution is 2.37. The number of pyridine rings is 1. The summed E-state index contributed by atoms with van der Waals surface area (Å²) in [6.07, 6.45) is 8.72. The predicted octanol–water partition coefficient (Wildman–Crippen LogP) is 3.87. The molecule has 0 spiro atoms. The molecule has 28 heavy (non-hydrogen) atoms. The van der Waals surface area contributed by atoms with Crippen molar-refractivity contribution < 1.29 is 9.59 Å². The highest BCUT2D eigenvalue weighted by atomic mass is 32.1. The average molecular weight is 401 g/mol. The van der Waals surface area contributed by atoms with Crippen molar-refractivity contribution in [2.45, 2.75) is 57.4 Å². The van der Waals surface area contributed by atoms with Crippen LogP contribution in [-0.4, -0.2) is 35.3 Å².